The van der Waals surface area contributed by atoms with Gasteiger partial charge in [-0.1, -0.05) is 15.9 Å². The summed E-state index contributed by atoms with van der Waals surface area (Å²) in [6.07, 6.45) is 1.46. The average molecular weight is 358 g/mol. The highest BCUT2D eigenvalue weighted by molar-refractivity contribution is 9.10. The maximum atomic E-state index is 5.67. The Labute approximate surface area is 117 Å². The molecule has 0 aliphatic rings. The van der Waals surface area contributed by atoms with Crippen molar-refractivity contribution in [1.29, 1.82) is 0 Å². The van der Waals surface area contributed by atoms with E-state index in [4.69, 9.17) is 4.74 Å². The molecule has 0 atom stereocenters. The molecule has 0 N–H and O–H groups in total. The highest BCUT2D eigenvalue weighted by Gasteiger charge is 2.05. The predicted molar refractivity (Wildman–Crippen MR) is 73.4 cm³/mol. The third kappa shape index (κ3) is 3.04. The number of halogens is 2. The van der Waals surface area contributed by atoms with Crippen molar-refractivity contribution in [3.63, 3.8) is 0 Å². The Kier molecular flexibility index (Phi) is 3.79. The summed E-state index contributed by atoms with van der Waals surface area (Å²) in [6.45, 7) is 4.06. The Morgan fingerprint density at radius 1 is 1.00 bits per heavy atom. The second kappa shape index (κ2) is 5.14. The third-order valence-electron chi connectivity index (χ3n) is 2.24. The first-order chi connectivity index (χ1) is 8.06. The Bertz CT molecular complexity index is 535. The van der Waals surface area contributed by atoms with Crippen molar-refractivity contribution < 1.29 is 4.74 Å². The summed E-state index contributed by atoms with van der Waals surface area (Å²) in [5.74, 6) is 1.29. The SMILES string of the molecule is Cc1cc(Oc2cc(Br)ncn2)cc(C)c1Br. The van der Waals surface area contributed by atoms with E-state index >= 15 is 0 Å². The molecule has 0 spiro atoms. The maximum absolute atomic E-state index is 5.67. The minimum absolute atomic E-state index is 0.521. The van der Waals surface area contributed by atoms with Crippen LogP contribution in [0.3, 0.4) is 0 Å². The van der Waals surface area contributed by atoms with Crippen molar-refractivity contribution >= 4 is 31.9 Å². The molecule has 0 bridgehead atoms. The van der Waals surface area contributed by atoms with Crippen molar-refractivity contribution in [2.24, 2.45) is 0 Å². The van der Waals surface area contributed by atoms with E-state index in [0.717, 1.165) is 21.3 Å². The fourth-order valence-corrected chi connectivity index (χ4v) is 1.98. The quantitative estimate of drug-likeness (QED) is 0.746. The molecule has 3 nitrogen and oxygen atoms in total. The van der Waals surface area contributed by atoms with Crippen LogP contribution in [0.4, 0.5) is 0 Å². The van der Waals surface area contributed by atoms with Gasteiger partial charge in [-0.05, 0) is 53.0 Å². The summed E-state index contributed by atoms with van der Waals surface area (Å²) in [7, 11) is 0. The van der Waals surface area contributed by atoms with E-state index < -0.39 is 0 Å². The lowest BCUT2D eigenvalue weighted by Crippen LogP contribution is -1.91. The molecule has 0 fully saturated rings. The van der Waals surface area contributed by atoms with Gasteiger partial charge in [-0.25, -0.2) is 9.97 Å². The maximum Gasteiger partial charge on any atom is 0.223 e. The summed E-state index contributed by atoms with van der Waals surface area (Å²) in [4.78, 5) is 7.99. The molecule has 0 aliphatic carbocycles. The normalized spacial score (nSPS) is 10.4. The molecule has 0 radical (unpaired) electrons. The van der Waals surface area contributed by atoms with Crippen LogP contribution in [0.15, 0.2) is 33.6 Å². The number of rotatable bonds is 2. The van der Waals surface area contributed by atoms with Gasteiger partial charge in [0.1, 0.15) is 16.7 Å². The molecule has 2 aromatic rings. The van der Waals surface area contributed by atoms with E-state index in [2.05, 4.69) is 41.8 Å². The molecular formula is C12H10Br2N2O. The van der Waals surface area contributed by atoms with Crippen LogP contribution in [0.2, 0.25) is 0 Å². The van der Waals surface area contributed by atoms with Gasteiger partial charge >= 0.3 is 0 Å². The number of hydrogen-bond donors (Lipinski definition) is 0. The van der Waals surface area contributed by atoms with Crippen LogP contribution < -0.4 is 4.74 Å². The van der Waals surface area contributed by atoms with Gasteiger partial charge in [0, 0.05) is 10.5 Å². The Hall–Kier alpha value is -0.940. The number of aromatic nitrogens is 2. The molecular weight excluding hydrogens is 348 g/mol. The van der Waals surface area contributed by atoms with E-state index in [1.165, 1.54) is 6.33 Å². The standard InChI is InChI=1S/C12H10Br2N2O/c1-7-3-9(4-8(2)12(7)14)17-11-5-10(13)15-6-16-11/h3-6H,1-2H3. The molecule has 1 aromatic carbocycles. The number of aryl methyl sites for hydroxylation is 2. The molecule has 2 rings (SSSR count). The molecule has 88 valence electrons. The van der Waals surface area contributed by atoms with Crippen LogP contribution in [0.25, 0.3) is 0 Å². The van der Waals surface area contributed by atoms with Gasteiger partial charge in [-0.15, -0.1) is 0 Å². The van der Waals surface area contributed by atoms with Crippen LogP contribution >= 0.6 is 31.9 Å². The van der Waals surface area contributed by atoms with E-state index in [9.17, 15) is 0 Å². The first-order valence-electron chi connectivity index (χ1n) is 4.98. The Balaban J connectivity index is 2.31. The molecule has 5 heteroatoms. The van der Waals surface area contributed by atoms with Crippen molar-refractivity contribution in [3.8, 4) is 11.6 Å². The monoisotopic (exact) mass is 356 g/mol. The molecule has 0 amide bonds. The van der Waals surface area contributed by atoms with E-state index in [1.54, 1.807) is 6.07 Å². The minimum atomic E-state index is 0.521. The van der Waals surface area contributed by atoms with Gasteiger partial charge in [-0.3, -0.25) is 0 Å². The lowest BCUT2D eigenvalue weighted by Gasteiger charge is -2.08. The number of hydrogen-bond acceptors (Lipinski definition) is 3. The highest BCUT2D eigenvalue weighted by Crippen LogP contribution is 2.29. The van der Waals surface area contributed by atoms with E-state index in [1.807, 2.05) is 26.0 Å². The van der Waals surface area contributed by atoms with Gasteiger partial charge in [-0.2, -0.15) is 0 Å². The molecule has 0 aliphatic heterocycles. The zero-order chi connectivity index (χ0) is 12.4. The molecule has 0 saturated heterocycles. The van der Waals surface area contributed by atoms with Crippen molar-refractivity contribution in [3.05, 3.63) is 44.7 Å². The fourth-order valence-electron chi connectivity index (χ4n) is 1.46. The molecule has 1 heterocycles. The largest absolute Gasteiger partial charge is 0.439 e. The molecule has 17 heavy (non-hydrogen) atoms. The zero-order valence-electron chi connectivity index (χ0n) is 9.37. The summed E-state index contributed by atoms with van der Waals surface area (Å²) in [6, 6.07) is 5.66. The topological polar surface area (TPSA) is 35.0 Å². The zero-order valence-corrected chi connectivity index (χ0v) is 12.5. The Morgan fingerprint density at radius 2 is 1.65 bits per heavy atom. The predicted octanol–water partition coefficient (Wildman–Crippen LogP) is 4.41. The fraction of sp³-hybridized carbons (Fsp3) is 0.167. The van der Waals surface area contributed by atoms with Crippen molar-refractivity contribution in [1.82, 2.24) is 9.97 Å². The number of ether oxygens (including phenoxy) is 1. The lowest BCUT2D eigenvalue weighted by atomic mass is 10.1. The lowest BCUT2D eigenvalue weighted by molar-refractivity contribution is 0.460. The molecule has 0 unspecified atom stereocenters. The highest BCUT2D eigenvalue weighted by atomic mass is 79.9. The summed E-state index contributed by atoms with van der Waals surface area (Å²) < 4.78 is 7.48. The Morgan fingerprint density at radius 3 is 2.24 bits per heavy atom. The van der Waals surface area contributed by atoms with Crippen molar-refractivity contribution in [2.75, 3.05) is 0 Å². The third-order valence-corrected chi connectivity index (χ3v) is 3.93. The van der Waals surface area contributed by atoms with Gasteiger partial charge in [0.05, 0.1) is 0 Å². The first-order valence-corrected chi connectivity index (χ1v) is 6.57. The van der Waals surface area contributed by atoms with Crippen LogP contribution in [0.1, 0.15) is 11.1 Å². The van der Waals surface area contributed by atoms with Gasteiger partial charge in [0.15, 0.2) is 0 Å². The van der Waals surface area contributed by atoms with Gasteiger partial charge in [0.2, 0.25) is 5.88 Å². The van der Waals surface area contributed by atoms with E-state index in [0.29, 0.717) is 10.5 Å². The average Bonchev–Trinajstić information content (AvgIpc) is 2.26. The van der Waals surface area contributed by atoms with Crippen LogP contribution in [-0.2, 0) is 0 Å². The second-order valence-electron chi connectivity index (χ2n) is 3.65. The van der Waals surface area contributed by atoms with E-state index in [-0.39, 0.29) is 0 Å². The van der Waals surface area contributed by atoms with Crippen LogP contribution in [0, 0.1) is 13.8 Å². The van der Waals surface area contributed by atoms with Gasteiger partial charge in [0.25, 0.3) is 0 Å². The number of nitrogens with zero attached hydrogens (tertiary/aromatic N) is 2. The summed E-state index contributed by atoms with van der Waals surface area (Å²) >= 11 is 6.80. The number of benzene rings is 1. The second-order valence-corrected chi connectivity index (χ2v) is 5.26. The summed E-state index contributed by atoms with van der Waals surface area (Å²) in [5.41, 5.74) is 2.27. The minimum Gasteiger partial charge on any atom is -0.439 e. The first kappa shape index (κ1) is 12.5. The van der Waals surface area contributed by atoms with Gasteiger partial charge < -0.3 is 4.74 Å². The van der Waals surface area contributed by atoms with Crippen LogP contribution in [-0.4, -0.2) is 9.97 Å². The molecule has 0 saturated carbocycles. The van der Waals surface area contributed by atoms with Crippen molar-refractivity contribution in [2.45, 2.75) is 13.8 Å². The summed E-state index contributed by atoms with van der Waals surface area (Å²) in [5, 5.41) is 0. The molecule has 1 aromatic heterocycles. The van der Waals surface area contributed by atoms with Crippen LogP contribution in [0.5, 0.6) is 11.6 Å². The smallest absolute Gasteiger partial charge is 0.223 e.